The second-order valence-electron chi connectivity index (χ2n) is 7.00. The van der Waals surface area contributed by atoms with Crippen molar-refractivity contribution in [1.82, 2.24) is 0 Å². The molecule has 100 valence electrons. The van der Waals surface area contributed by atoms with E-state index in [0.29, 0.717) is 0 Å². The summed E-state index contributed by atoms with van der Waals surface area (Å²) < 4.78 is 0. The molecule has 0 saturated carbocycles. The molecule has 0 saturated heterocycles. The summed E-state index contributed by atoms with van der Waals surface area (Å²) >= 11 is 0. The predicted molar refractivity (Wildman–Crippen MR) is 77.0 cm³/mol. The van der Waals surface area contributed by atoms with E-state index in [1.165, 1.54) is 24.0 Å². The molecular weight excluding hydrogens is 220 g/mol. The lowest BCUT2D eigenvalue weighted by atomic mass is 9.63. The lowest BCUT2D eigenvalue weighted by molar-refractivity contribution is 0.173. The van der Waals surface area contributed by atoms with Crippen molar-refractivity contribution >= 4 is 0 Å². The van der Waals surface area contributed by atoms with Crippen molar-refractivity contribution in [3.63, 3.8) is 0 Å². The molecule has 0 bridgehead atoms. The molecular formula is C17H26O. The molecule has 1 aliphatic rings. The molecule has 1 aliphatic carbocycles. The van der Waals surface area contributed by atoms with Crippen molar-refractivity contribution < 1.29 is 5.11 Å². The number of aliphatic hydroxyl groups is 1. The van der Waals surface area contributed by atoms with Gasteiger partial charge in [-0.1, -0.05) is 52.8 Å². The Morgan fingerprint density at radius 2 is 1.61 bits per heavy atom. The van der Waals surface area contributed by atoms with Crippen molar-refractivity contribution in [1.29, 1.82) is 0 Å². The minimum Gasteiger partial charge on any atom is -0.388 e. The van der Waals surface area contributed by atoms with E-state index >= 15 is 0 Å². The third-order valence-corrected chi connectivity index (χ3v) is 4.65. The molecule has 1 N–H and O–H groups in total. The van der Waals surface area contributed by atoms with Crippen LogP contribution in [-0.4, -0.2) is 5.11 Å². The highest BCUT2D eigenvalue weighted by atomic mass is 16.3. The molecule has 0 aromatic heterocycles. The fraction of sp³-hybridized carbons (Fsp3) is 0.647. The van der Waals surface area contributed by atoms with Gasteiger partial charge in [0.2, 0.25) is 0 Å². The molecule has 2 rings (SSSR count). The van der Waals surface area contributed by atoms with Gasteiger partial charge >= 0.3 is 0 Å². The molecule has 18 heavy (non-hydrogen) atoms. The third kappa shape index (κ3) is 2.21. The highest BCUT2D eigenvalue weighted by Crippen LogP contribution is 2.46. The van der Waals surface area contributed by atoms with Gasteiger partial charge in [0.25, 0.3) is 0 Å². The van der Waals surface area contributed by atoms with Crippen LogP contribution in [-0.2, 0) is 10.8 Å². The second-order valence-corrected chi connectivity index (χ2v) is 7.00. The Morgan fingerprint density at radius 3 is 2.17 bits per heavy atom. The maximum absolute atomic E-state index is 10.0. The van der Waals surface area contributed by atoms with Crippen LogP contribution in [0.5, 0.6) is 0 Å². The summed E-state index contributed by atoms with van der Waals surface area (Å²) in [5, 5.41) is 10.0. The largest absolute Gasteiger partial charge is 0.388 e. The van der Waals surface area contributed by atoms with Gasteiger partial charge in [-0.2, -0.15) is 0 Å². The minimum atomic E-state index is -0.323. The molecule has 1 aromatic carbocycles. The fourth-order valence-corrected chi connectivity index (χ4v) is 3.05. The van der Waals surface area contributed by atoms with Crippen LogP contribution in [0.4, 0.5) is 0 Å². The van der Waals surface area contributed by atoms with Crippen molar-refractivity contribution in [3.05, 3.63) is 34.9 Å². The van der Waals surface area contributed by atoms with Crippen LogP contribution < -0.4 is 0 Å². The van der Waals surface area contributed by atoms with E-state index in [-0.39, 0.29) is 16.9 Å². The third-order valence-electron chi connectivity index (χ3n) is 4.65. The van der Waals surface area contributed by atoms with E-state index in [1.54, 1.807) is 0 Å². The van der Waals surface area contributed by atoms with Gasteiger partial charge in [-0.05, 0) is 46.8 Å². The number of benzene rings is 1. The van der Waals surface area contributed by atoms with Gasteiger partial charge in [-0.25, -0.2) is 0 Å². The lowest BCUT2D eigenvalue weighted by Gasteiger charge is -2.42. The van der Waals surface area contributed by atoms with E-state index in [0.717, 1.165) is 12.0 Å². The molecule has 0 fully saturated rings. The van der Waals surface area contributed by atoms with Gasteiger partial charge in [0.1, 0.15) is 0 Å². The van der Waals surface area contributed by atoms with Crippen molar-refractivity contribution in [2.24, 2.45) is 0 Å². The number of hydrogen-bond acceptors (Lipinski definition) is 1. The second kappa shape index (κ2) is 4.38. The van der Waals surface area contributed by atoms with Gasteiger partial charge in [-0.15, -0.1) is 0 Å². The van der Waals surface area contributed by atoms with Crippen molar-refractivity contribution in [2.45, 2.75) is 70.8 Å². The Bertz CT molecular complexity index is 443. The van der Waals surface area contributed by atoms with E-state index in [9.17, 15) is 5.11 Å². The summed E-state index contributed by atoms with van der Waals surface area (Å²) in [6.45, 7) is 11.3. The summed E-state index contributed by atoms with van der Waals surface area (Å²) in [6.07, 6.45) is 2.92. The number of rotatable bonds is 2. The van der Waals surface area contributed by atoms with E-state index < -0.39 is 0 Å². The minimum absolute atomic E-state index is 0.230. The molecule has 0 amide bonds. The number of aliphatic hydroxyl groups excluding tert-OH is 1. The molecule has 0 radical (unpaired) electrons. The van der Waals surface area contributed by atoms with E-state index in [1.807, 2.05) is 6.92 Å². The zero-order valence-corrected chi connectivity index (χ0v) is 12.4. The average Bonchev–Trinajstić information content (AvgIpc) is 2.34. The van der Waals surface area contributed by atoms with Crippen molar-refractivity contribution in [3.8, 4) is 0 Å². The van der Waals surface area contributed by atoms with Crippen LogP contribution in [0, 0.1) is 0 Å². The average molecular weight is 246 g/mol. The first kappa shape index (κ1) is 13.6. The zero-order valence-electron chi connectivity index (χ0n) is 12.4. The Kier molecular flexibility index (Phi) is 3.31. The van der Waals surface area contributed by atoms with Crippen LogP contribution >= 0.6 is 0 Å². The molecule has 1 heteroatoms. The molecule has 0 heterocycles. The fourth-order valence-electron chi connectivity index (χ4n) is 3.05. The first-order valence-electron chi connectivity index (χ1n) is 7.11. The van der Waals surface area contributed by atoms with Gasteiger partial charge in [-0.3, -0.25) is 0 Å². The normalized spacial score (nSPS) is 22.3. The van der Waals surface area contributed by atoms with Gasteiger partial charge < -0.3 is 5.11 Å². The van der Waals surface area contributed by atoms with Crippen LogP contribution in [0.15, 0.2) is 18.2 Å². The van der Waals surface area contributed by atoms with Gasteiger partial charge in [0, 0.05) is 0 Å². The van der Waals surface area contributed by atoms with Crippen LogP contribution in [0.25, 0.3) is 0 Å². The first-order valence-corrected chi connectivity index (χ1v) is 7.11. The summed E-state index contributed by atoms with van der Waals surface area (Å²) in [4.78, 5) is 0. The summed E-state index contributed by atoms with van der Waals surface area (Å²) in [7, 11) is 0. The number of fused-ring (bicyclic) bond motifs is 1. The van der Waals surface area contributed by atoms with Crippen LogP contribution in [0.1, 0.15) is 76.7 Å². The first-order chi connectivity index (χ1) is 8.28. The Balaban J connectivity index is 2.55. The maximum Gasteiger partial charge on any atom is 0.0787 e. The summed E-state index contributed by atoms with van der Waals surface area (Å²) in [5.41, 5.74) is 4.46. The van der Waals surface area contributed by atoms with Gasteiger partial charge in [0.15, 0.2) is 0 Å². The highest BCUT2D eigenvalue weighted by molar-refractivity contribution is 5.44. The Morgan fingerprint density at radius 1 is 1.06 bits per heavy atom. The van der Waals surface area contributed by atoms with Crippen LogP contribution in [0.2, 0.25) is 0 Å². The smallest absolute Gasteiger partial charge is 0.0787 e. The Hall–Kier alpha value is -0.820. The van der Waals surface area contributed by atoms with E-state index in [4.69, 9.17) is 0 Å². The monoisotopic (exact) mass is 246 g/mol. The van der Waals surface area contributed by atoms with E-state index in [2.05, 4.69) is 45.9 Å². The quantitative estimate of drug-likeness (QED) is 0.815. The zero-order chi connectivity index (χ0) is 13.6. The topological polar surface area (TPSA) is 20.2 Å². The number of hydrogen-bond donors (Lipinski definition) is 1. The standard InChI is InChI=1S/C17H26O/c1-6-15(18)12-7-8-13-14(11-12)17(4,5)10-9-16(13,2)3/h7-8,11,15,18H,6,9-10H2,1-5H3/t15-/m0/s1. The SMILES string of the molecule is CC[C@H](O)c1ccc2c(c1)C(C)(C)CCC2(C)C. The lowest BCUT2D eigenvalue weighted by Crippen LogP contribution is -2.34. The molecule has 1 atom stereocenters. The molecule has 1 aromatic rings. The molecule has 1 nitrogen and oxygen atoms in total. The van der Waals surface area contributed by atoms with Crippen molar-refractivity contribution in [2.75, 3.05) is 0 Å². The molecule has 0 aliphatic heterocycles. The van der Waals surface area contributed by atoms with Crippen LogP contribution in [0.3, 0.4) is 0 Å². The predicted octanol–water partition coefficient (Wildman–Crippen LogP) is 4.48. The molecule has 0 unspecified atom stereocenters. The summed E-state index contributed by atoms with van der Waals surface area (Å²) in [6, 6.07) is 6.59. The summed E-state index contributed by atoms with van der Waals surface area (Å²) in [5.74, 6) is 0. The molecule has 0 spiro atoms. The Labute approximate surface area is 111 Å². The van der Waals surface area contributed by atoms with Gasteiger partial charge in [0.05, 0.1) is 6.10 Å². The highest BCUT2D eigenvalue weighted by Gasteiger charge is 2.37. The maximum atomic E-state index is 10.0.